The maximum absolute atomic E-state index is 13.7. The summed E-state index contributed by atoms with van der Waals surface area (Å²) in [5, 5.41) is 0. The fourth-order valence-electron chi connectivity index (χ4n) is 4.87. The molecule has 31 heavy (non-hydrogen) atoms. The van der Waals surface area contributed by atoms with Crippen LogP contribution in [0.25, 0.3) is 0 Å². The summed E-state index contributed by atoms with van der Waals surface area (Å²) in [4.78, 5) is 4.59. The van der Waals surface area contributed by atoms with Crippen molar-refractivity contribution in [1.29, 1.82) is 0 Å². The molecule has 172 valence electrons. The Morgan fingerprint density at radius 1 is 1.03 bits per heavy atom. The summed E-state index contributed by atoms with van der Waals surface area (Å²) in [5.74, 6) is 0.0885. The molecule has 2 aliphatic rings. The van der Waals surface area contributed by atoms with Gasteiger partial charge in [0.05, 0.1) is 0 Å². The number of hydrogen-bond donors (Lipinski definition) is 0. The Kier molecular flexibility index (Phi) is 9.14. The molecule has 0 saturated heterocycles. The largest absolute Gasteiger partial charge is 0.486 e. The number of ether oxygens (including phenoxy) is 1. The highest BCUT2D eigenvalue weighted by Crippen LogP contribution is 2.40. The number of benzene rings is 2. The summed E-state index contributed by atoms with van der Waals surface area (Å²) >= 11 is 0. The van der Waals surface area contributed by atoms with Crippen LogP contribution in [0.1, 0.15) is 36.8 Å². The standard InChI is InChI=1S/C24H30F2N2O.2ClH/c1-27(2)14-18-9-11-24(12-10-18)17-28(15-19-7-8-21(25)22(26)13-19)16-20-5-3-4-6-23(20)29-24;;/h3-8,13,18H,9-12,14-17H2,1-2H3;2*1H. The molecule has 1 spiro atoms. The number of fused-ring (bicyclic) bond motifs is 1. The molecule has 0 atom stereocenters. The van der Waals surface area contributed by atoms with Crippen LogP contribution in [0.15, 0.2) is 42.5 Å². The van der Waals surface area contributed by atoms with Gasteiger partial charge in [-0.15, -0.1) is 24.8 Å². The zero-order valence-corrected chi connectivity index (χ0v) is 19.8. The fraction of sp³-hybridized carbons (Fsp3) is 0.500. The zero-order chi connectivity index (χ0) is 20.4. The average molecular weight is 473 g/mol. The summed E-state index contributed by atoms with van der Waals surface area (Å²) in [5.41, 5.74) is 1.73. The predicted octanol–water partition coefficient (Wildman–Crippen LogP) is 5.69. The lowest BCUT2D eigenvalue weighted by Crippen LogP contribution is -2.48. The number of halogens is 4. The Labute approximate surface area is 196 Å². The van der Waals surface area contributed by atoms with Crippen molar-refractivity contribution in [1.82, 2.24) is 9.80 Å². The quantitative estimate of drug-likeness (QED) is 0.567. The van der Waals surface area contributed by atoms with Crippen molar-refractivity contribution in [2.45, 2.75) is 44.4 Å². The topological polar surface area (TPSA) is 15.7 Å². The number of nitrogens with zero attached hydrogens (tertiary/aromatic N) is 2. The van der Waals surface area contributed by atoms with E-state index in [4.69, 9.17) is 4.74 Å². The summed E-state index contributed by atoms with van der Waals surface area (Å²) in [6, 6.07) is 12.4. The predicted molar refractivity (Wildman–Crippen MR) is 125 cm³/mol. The van der Waals surface area contributed by atoms with Crippen molar-refractivity contribution < 1.29 is 13.5 Å². The van der Waals surface area contributed by atoms with Crippen molar-refractivity contribution in [3.8, 4) is 5.75 Å². The lowest BCUT2D eigenvalue weighted by Gasteiger charge is -2.42. The first-order chi connectivity index (χ1) is 13.9. The molecule has 4 rings (SSSR count). The highest BCUT2D eigenvalue weighted by Gasteiger charge is 2.41. The molecule has 2 aromatic rings. The van der Waals surface area contributed by atoms with Crippen molar-refractivity contribution in [2.24, 2.45) is 5.92 Å². The molecule has 1 aliphatic carbocycles. The molecule has 0 amide bonds. The van der Waals surface area contributed by atoms with Crippen LogP contribution >= 0.6 is 24.8 Å². The first kappa shape index (κ1) is 25.9. The molecule has 0 N–H and O–H groups in total. The monoisotopic (exact) mass is 472 g/mol. The van der Waals surface area contributed by atoms with Gasteiger partial charge in [0.2, 0.25) is 0 Å². The van der Waals surface area contributed by atoms with E-state index in [-0.39, 0.29) is 30.4 Å². The second-order valence-corrected chi connectivity index (χ2v) is 8.99. The minimum absolute atomic E-state index is 0. The highest BCUT2D eigenvalue weighted by molar-refractivity contribution is 5.85. The van der Waals surface area contributed by atoms with Gasteiger partial charge in [0.25, 0.3) is 0 Å². The molecule has 1 fully saturated rings. The van der Waals surface area contributed by atoms with Crippen molar-refractivity contribution >= 4 is 24.8 Å². The molecule has 7 heteroatoms. The van der Waals surface area contributed by atoms with Gasteiger partial charge in [-0.3, -0.25) is 4.90 Å². The van der Waals surface area contributed by atoms with E-state index in [0.29, 0.717) is 12.5 Å². The Morgan fingerprint density at radius 3 is 2.42 bits per heavy atom. The van der Waals surface area contributed by atoms with Gasteiger partial charge in [-0.2, -0.15) is 0 Å². The van der Waals surface area contributed by atoms with Gasteiger partial charge in [0, 0.05) is 31.7 Å². The Morgan fingerprint density at radius 2 is 1.74 bits per heavy atom. The molecule has 1 saturated carbocycles. The van der Waals surface area contributed by atoms with Gasteiger partial charge in [0.1, 0.15) is 11.4 Å². The molecule has 0 bridgehead atoms. The third-order valence-electron chi connectivity index (χ3n) is 6.23. The average Bonchev–Trinajstić information content (AvgIpc) is 2.82. The number of hydrogen-bond acceptors (Lipinski definition) is 3. The third kappa shape index (κ3) is 6.32. The zero-order valence-electron chi connectivity index (χ0n) is 18.2. The van der Waals surface area contributed by atoms with Crippen molar-refractivity contribution in [2.75, 3.05) is 27.2 Å². The molecule has 3 nitrogen and oxygen atoms in total. The van der Waals surface area contributed by atoms with Crippen LogP contribution in [0.5, 0.6) is 5.75 Å². The maximum atomic E-state index is 13.7. The molecule has 2 aromatic carbocycles. The van der Waals surface area contributed by atoms with Gasteiger partial charge >= 0.3 is 0 Å². The van der Waals surface area contributed by atoms with Gasteiger partial charge in [-0.05, 0) is 69.5 Å². The first-order valence-corrected chi connectivity index (χ1v) is 10.5. The van der Waals surface area contributed by atoms with Crippen LogP contribution in [-0.4, -0.2) is 42.6 Å². The number of rotatable bonds is 4. The van der Waals surface area contributed by atoms with Crippen LogP contribution in [0.4, 0.5) is 8.78 Å². The molecule has 1 heterocycles. The van der Waals surface area contributed by atoms with Crippen LogP contribution in [0.3, 0.4) is 0 Å². The second kappa shape index (κ2) is 11.0. The molecule has 0 unspecified atom stereocenters. The first-order valence-electron chi connectivity index (χ1n) is 10.5. The molecular weight excluding hydrogens is 441 g/mol. The lowest BCUT2D eigenvalue weighted by atomic mass is 9.78. The fourth-order valence-corrected chi connectivity index (χ4v) is 4.87. The molecule has 1 aliphatic heterocycles. The van der Waals surface area contributed by atoms with E-state index in [9.17, 15) is 8.78 Å². The smallest absolute Gasteiger partial charge is 0.159 e. The summed E-state index contributed by atoms with van der Waals surface area (Å²) in [6.45, 7) is 3.25. The van der Waals surface area contributed by atoms with Gasteiger partial charge in [0.15, 0.2) is 11.6 Å². The van der Waals surface area contributed by atoms with E-state index in [1.807, 2.05) is 12.1 Å². The normalized spacial score (nSPS) is 23.3. The summed E-state index contributed by atoms with van der Waals surface area (Å²) in [6.07, 6.45) is 4.35. The highest BCUT2D eigenvalue weighted by atomic mass is 35.5. The number of para-hydroxylation sites is 1. The minimum Gasteiger partial charge on any atom is -0.486 e. The van der Waals surface area contributed by atoms with Crippen LogP contribution in [-0.2, 0) is 13.1 Å². The van der Waals surface area contributed by atoms with E-state index < -0.39 is 11.6 Å². The van der Waals surface area contributed by atoms with Crippen molar-refractivity contribution in [3.63, 3.8) is 0 Å². The lowest BCUT2D eigenvalue weighted by molar-refractivity contribution is -0.0114. The van der Waals surface area contributed by atoms with Crippen molar-refractivity contribution in [3.05, 3.63) is 65.2 Å². The van der Waals surface area contributed by atoms with E-state index in [1.54, 1.807) is 6.07 Å². The van der Waals surface area contributed by atoms with Crippen LogP contribution < -0.4 is 4.74 Å². The summed E-state index contributed by atoms with van der Waals surface area (Å²) in [7, 11) is 4.26. The van der Waals surface area contributed by atoms with E-state index in [2.05, 4.69) is 36.0 Å². The maximum Gasteiger partial charge on any atom is 0.159 e. The Balaban J connectivity index is 0.00000171. The Bertz CT molecular complexity index is 857. The van der Waals surface area contributed by atoms with E-state index >= 15 is 0 Å². The third-order valence-corrected chi connectivity index (χ3v) is 6.23. The molecule has 0 radical (unpaired) electrons. The molecular formula is C24H32Cl2F2N2O. The second-order valence-electron chi connectivity index (χ2n) is 8.99. The SMILES string of the molecule is CN(C)CC1CCC2(CC1)CN(Cc1ccc(F)c(F)c1)Cc1ccccc1O2.Cl.Cl. The molecule has 0 aromatic heterocycles. The summed E-state index contributed by atoms with van der Waals surface area (Å²) < 4.78 is 33.7. The van der Waals surface area contributed by atoms with Gasteiger partial charge in [-0.1, -0.05) is 24.3 Å². The van der Waals surface area contributed by atoms with Crippen LogP contribution in [0.2, 0.25) is 0 Å². The minimum atomic E-state index is -0.797. The van der Waals surface area contributed by atoms with E-state index in [1.165, 1.54) is 12.1 Å². The van der Waals surface area contributed by atoms with Crippen LogP contribution in [0, 0.1) is 17.6 Å². The van der Waals surface area contributed by atoms with Gasteiger partial charge in [-0.25, -0.2) is 8.78 Å². The van der Waals surface area contributed by atoms with Gasteiger partial charge < -0.3 is 9.64 Å². The van der Waals surface area contributed by atoms with E-state index in [0.717, 1.165) is 62.2 Å². The Hall–Kier alpha value is -1.40.